The van der Waals surface area contributed by atoms with Crippen LogP contribution in [0.2, 0.25) is 0 Å². The number of non-ortho nitro benzene ring substituents is 2. The molecule has 0 bridgehead atoms. The van der Waals surface area contributed by atoms with Gasteiger partial charge in [-0.05, 0) is 0 Å². The Kier molecular flexibility index (Phi) is 9.15. The van der Waals surface area contributed by atoms with Crippen molar-refractivity contribution in [1.82, 2.24) is 0 Å². The van der Waals surface area contributed by atoms with Gasteiger partial charge in [0.15, 0.2) is 0 Å². The normalized spacial score (nSPS) is 9.45. The van der Waals surface area contributed by atoms with Gasteiger partial charge in [0, 0.05) is 0 Å². The molecule has 0 amide bonds. The van der Waals surface area contributed by atoms with Crippen LogP contribution in [0.3, 0.4) is 0 Å². The molecule has 0 fully saturated rings. The molecule has 2 rings (SSSR count). The van der Waals surface area contributed by atoms with Crippen molar-refractivity contribution in [3.8, 4) is 11.5 Å². The Bertz CT molecular complexity index is 1020. The quantitative estimate of drug-likeness (QED) is 0.294. The van der Waals surface area contributed by atoms with E-state index >= 15 is 0 Å². The summed E-state index contributed by atoms with van der Waals surface area (Å²) >= 11 is 0. The molecule has 0 spiro atoms. The maximum absolute atomic E-state index is 11.1. The Hall–Kier alpha value is -5.07. The molecule has 0 aliphatic heterocycles. The smallest absolute Gasteiger partial charge is 0.863 e. The Morgan fingerprint density at radius 1 is 0.424 bits per heavy atom. The molecule has 0 atom stereocenters. The molecule has 0 aliphatic rings. The maximum atomic E-state index is 11.1. The van der Waals surface area contributed by atoms with E-state index in [0.29, 0.717) is 24.3 Å². The summed E-state index contributed by atoms with van der Waals surface area (Å²) in [6.45, 7) is 0. The van der Waals surface area contributed by atoms with Crippen LogP contribution in [-0.4, -0.2) is 29.5 Å². The topological polar surface area (TPSA) is 305 Å². The number of nitrogens with zero attached hydrogens (tertiary/aromatic N) is 6. The minimum atomic E-state index is -1.46. The number of hydrogen-bond acceptors (Lipinski definition) is 14. The predicted octanol–water partition coefficient (Wildman–Crippen LogP) is 0.967. The molecule has 2 aromatic carbocycles. The van der Waals surface area contributed by atoms with Crippen molar-refractivity contribution in [3.63, 3.8) is 0 Å². The van der Waals surface area contributed by atoms with Crippen molar-refractivity contribution in [2.24, 2.45) is 0 Å². The maximum Gasteiger partial charge on any atom is 2.00 e. The second-order valence-corrected chi connectivity index (χ2v) is 5.17. The summed E-state index contributed by atoms with van der Waals surface area (Å²) in [5.74, 6) is -2.92. The standard InChI is InChI=1S/2C6H3N3O7.Ni/c2*10-6-4(8(13)14)1-3(7(11)12)2-5(6)9(15)16;/h2*1-2,10H;/q;;+2/p-2. The predicted molar refractivity (Wildman–Crippen MR) is 91.7 cm³/mol. The van der Waals surface area contributed by atoms with Gasteiger partial charge in [0.1, 0.15) is 0 Å². The van der Waals surface area contributed by atoms with Crippen LogP contribution in [0.15, 0.2) is 24.3 Å². The second kappa shape index (κ2) is 10.8. The van der Waals surface area contributed by atoms with Gasteiger partial charge < -0.3 is 10.2 Å². The second-order valence-electron chi connectivity index (χ2n) is 5.17. The molecule has 0 saturated heterocycles. The van der Waals surface area contributed by atoms with Crippen LogP contribution in [-0.2, 0) is 16.5 Å². The molecule has 0 aliphatic carbocycles. The number of benzene rings is 2. The van der Waals surface area contributed by atoms with E-state index in [1.807, 2.05) is 0 Å². The van der Waals surface area contributed by atoms with Crippen LogP contribution in [0, 0.1) is 60.7 Å². The summed E-state index contributed by atoms with van der Waals surface area (Å²) in [5, 5.41) is 84.2. The van der Waals surface area contributed by atoms with E-state index in [4.69, 9.17) is 0 Å². The molecule has 2 aromatic rings. The number of nitro groups is 6. The van der Waals surface area contributed by atoms with Crippen LogP contribution in [0.5, 0.6) is 11.5 Å². The van der Waals surface area contributed by atoms with E-state index in [2.05, 4.69) is 0 Å². The third-order valence-corrected chi connectivity index (χ3v) is 3.28. The summed E-state index contributed by atoms with van der Waals surface area (Å²) in [4.78, 5) is 55.0. The van der Waals surface area contributed by atoms with E-state index in [0.717, 1.165) is 0 Å². The van der Waals surface area contributed by atoms with Crippen molar-refractivity contribution in [3.05, 3.63) is 85.0 Å². The average Bonchev–Trinajstić information content (AvgIpc) is 2.67. The van der Waals surface area contributed by atoms with Gasteiger partial charge in [-0.3, -0.25) is 60.7 Å². The summed E-state index contributed by atoms with van der Waals surface area (Å²) in [5.41, 5.74) is -6.53. The molecule has 0 saturated carbocycles. The van der Waals surface area contributed by atoms with Crippen LogP contribution >= 0.6 is 0 Å². The number of rotatable bonds is 6. The van der Waals surface area contributed by atoms with Gasteiger partial charge in [-0.1, -0.05) is 0 Å². The Balaban J connectivity index is 0.000000602. The molecule has 33 heavy (non-hydrogen) atoms. The molecule has 0 heterocycles. The Morgan fingerprint density at radius 2 is 0.606 bits per heavy atom. The zero-order valence-corrected chi connectivity index (χ0v) is 16.0. The molecular formula is C12H4N6NiO14. The first-order valence-electron chi connectivity index (χ1n) is 7.25. The van der Waals surface area contributed by atoms with Gasteiger partial charge in [-0.25, -0.2) is 0 Å². The van der Waals surface area contributed by atoms with Crippen LogP contribution in [0.4, 0.5) is 34.1 Å². The van der Waals surface area contributed by atoms with E-state index in [9.17, 15) is 70.9 Å². The fraction of sp³-hybridized carbons (Fsp3) is 0. The van der Waals surface area contributed by atoms with Gasteiger partial charge in [0.2, 0.25) is 0 Å². The molecule has 21 heteroatoms. The van der Waals surface area contributed by atoms with Gasteiger partial charge in [-0.15, -0.1) is 0 Å². The van der Waals surface area contributed by atoms with Gasteiger partial charge in [0.05, 0.1) is 65.3 Å². The van der Waals surface area contributed by atoms with Crippen LogP contribution < -0.4 is 10.2 Å². The first-order chi connectivity index (χ1) is 14.7. The Labute approximate surface area is 187 Å². The zero-order chi connectivity index (χ0) is 24.9. The van der Waals surface area contributed by atoms with E-state index in [-0.39, 0.29) is 16.5 Å². The molecule has 176 valence electrons. The first-order valence-corrected chi connectivity index (χ1v) is 7.25. The number of nitro benzene ring substituents is 6. The summed E-state index contributed by atoms with van der Waals surface area (Å²) in [6, 6.07) is 1.54. The molecule has 20 nitrogen and oxygen atoms in total. The molecule has 0 aromatic heterocycles. The molecule has 0 N–H and O–H groups in total. The van der Waals surface area contributed by atoms with Crippen molar-refractivity contribution in [2.75, 3.05) is 0 Å². The third kappa shape index (κ3) is 6.45. The first kappa shape index (κ1) is 27.9. The molecular weight excluding hydrogens is 511 g/mol. The largest absolute Gasteiger partial charge is 2.00 e. The summed E-state index contributed by atoms with van der Waals surface area (Å²) in [7, 11) is 0. The minimum absolute atomic E-state index is 0. The molecule has 0 unspecified atom stereocenters. The van der Waals surface area contributed by atoms with Crippen molar-refractivity contribution in [2.45, 2.75) is 0 Å². The fourth-order valence-corrected chi connectivity index (χ4v) is 1.92. The Morgan fingerprint density at radius 3 is 0.727 bits per heavy atom. The average molecular weight is 515 g/mol. The third-order valence-electron chi connectivity index (χ3n) is 3.28. The van der Waals surface area contributed by atoms with Gasteiger partial charge in [0.25, 0.3) is 34.1 Å². The molecule has 0 radical (unpaired) electrons. The van der Waals surface area contributed by atoms with E-state index in [1.165, 1.54) is 0 Å². The summed E-state index contributed by atoms with van der Waals surface area (Å²) < 4.78 is 0. The van der Waals surface area contributed by atoms with E-state index < -0.39 is 75.2 Å². The monoisotopic (exact) mass is 514 g/mol. The van der Waals surface area contributed by atoms with E-state index in [1.54, 1.807) is 0 Å². The van der Waals surface area contributed by atoms with Crippen LogP contribution in [0.1, 0.15) is 0 Å². The minimum Gasteiger partial charge on any atom is -0.863 e. The van der Waals surface area contributed by atoms with Gasteiger partial charge in [-0.2, -0.15) is 0 Å². The summed E-state index contributed by atoms with van der Waals surface area (Å²) in [6.07, 6.45) is 0. The van der Waals surface area contributed by atoms with Crippen molar-refractivity contribution >= 4 is 34.1 Å². The number of hydrogen-bond donors (Lipinski definition) is 0. The zero-order valence-electron chi connectivity index (χ0n) is 15.0. The van der Waals surface area contributed by atoms with Gasteiger partial charge >= 0.3 is 16.5 Å². The fourth-order valence-electron chi connectivity index (χ4n) is 1.92. The van der Waals surface area contributed by atoms with Crippen molar-refractivity contribution in [1.29, 1.82) is 0 Å². The SMILES string of the molecule is O=[N+]([O-])c1cc([N+](=O)[O-])c([O-])c([N+](=O)[O-])c1.O=[N+]([O-])c1cc([N+](=O)[O-])c([O-])c([N+](=O)[O-])c1.[Ni+2]. The van der Waals surface area contributed by atoms with Crippen molar-refractivity contribution < 1.29 is 56.2 Å². The van der Waals surface area contributed by atoms with Crippen LogP contribution in [0.25, 0.3) is 0 Å².